The number of thioether (sulfide) groups is 1. The number of amides is 2. The molecule has 3 unspecified atom stereocenters. The summed E-state index contributed by atoms with van der Waals surface area (Å²) in [6, 6.07) is 0. The van der Waals surface area contributed by atoms with E-state index in [-0.39, 0.29) is 42.2 Å². The van der Waals surface area contributed by atoms with E-state index in [1.54, 1.807) is 0 Å². The average molecular weight is 840 g/mol. The number of nitrogens with two attached hydrogens (primary N) is 1. The van der Waals surface area contributed by atoms with Gasteiger partial charge < -0.3 is 56.0 Å². The van der Waals surface area contributed by atoms with Gasteiger partial charge in [-0.15, -0.1) is 0 Å². The minimum atomic E-state index is -5.59. The Labute approximate surface area is 302 Å². The van der Waals surface area contributed by atoms with E-state index in [0.29, 0.717) is 11.8 Å². The van der Waals surface area contributed by atoms with Gasteiger partial charge in [0.15, 0.2) is 17.7 Å². The third kappa shape index (κ3) is 13.1. The lowest BCUT2D eigenvalue weighted by molar-refractivity contribution is -0.144. The largest absolute Gasteiger partial charge is 0.481 e. The maximum atomic E-state index is 12.6. The number of ether oxygens (including phenoxy) is 1. The van der Waals surface area contributed by atoms with Crippen molar-refractivity contribution in [2.75, 3.05) is 37.8 Å². The molecule has 2 aromatic rings. The summed E-state index contributed by atoms with van der Waals surface area (Å²) in [5.74, 6) is -3.32. The van der Waals surface area contributed by atoms with Gasteiger partial charge in [-0.1, -0.05) is 25.6 Å². The van der Waals surface area contributed by atoms with Gasteiger partial charge in [-0.05, 0) is 0 Å². The molecule has 1 aliphatic rings. The number of nitrogens with one attached hydrogen (secondary N) is 2. The molecular formula is C23H36N7O19P3S. The van der Waals surface area contributed by atoms with Crippen LogP contribution in [0.15, 0.2) is 12.7 Å². The van der Waals surface area contributed by atoms with Crippen LogP contribution in [0.1, 0.15) is 26.5 Å². The highest BCUT2D eigenvalue weighted by Gasteiger charge is 2.50. The number of carbonyl (C=O) groups excluding carboxylic acids is 3. The van der Waals surface area contributed by atoms with E-state index in [4.69, 9.17) is 24.6 Å². The lowest BCUT2D eigenvalue weighted by atomic mass is 9.87. The Balaban J connectivity index is 1.53. The molecule has 3 rings (SSSR count). The standard InChI is InChI=1S/C23H36N7O19P3S/c1-23(2,16(33)19(34)26-4-3-12(31)25-5-6-53-22(37)21(35)36)8-46-52(43,44)49-51(41,42)45-7-11-15(48-50(38,39)40)14(32)20(47-11)30-10-29-13-17(24)27-9-28-18(13)30/h9-11,14-16,20,32-33H,3-8H2,1-2H3,(H,25,31)(H,26,34)(H,35,36)(H,41,42)(H,43,44)(H2,24,27,28)(H2,38,39,40)/t11-,14-,15-,16?,20-/m1/s1. The second kappa shape index (κ2) is 18.1. The summed E-state index contributed by atoms with van der Waals surface area (Å²) >= 11 is 0.479. The van der Waals surface area contributed by atoms with Crippen molar-refractivity contribution in [2.24, 2.45) is 5.41 Å². The zero-order valence-corrected chi connectivity index (χ0v) is 30.9. The molecule has 2 amide bonds. The number of aromatic nitrogens is 4. The summed E-state index contributed by atoms with van der Waals surface area (Å²) in [6.07, 6.45) is -7.16. The van der Waals surface area contributed by atoms with Crippen LogP contribution in [0.5, 0.6) is 0 Å². The molecule has 2 aromatic heterocycles. The molecule has 0 bridgehead atoms. The first-order chi connectivity index (χ1) is 24.4. The molecule has 0 aliphatic carbocycles. The Morgan fingerprint density at radius 1 is 1.06 bits per heavy atom. The van der Waals surface area contributed by atoms with Crippen molar-refractivity contribution in [1.29, 1.82) is 0 Å². The van der Waals surface area contributed by atoms with Crippen molar-refractivity contribution >= 4 is 75.1 Å². The van der Waals surface area contributed by atoms with E-state index in [9.17, 15) is 62.7 Å². The van der Waals surface area contributed by atoms with E-state index in [0.717, 1.165) is 17.2 Å². The van der Waals surface area contributed by atoms with Crippen LogP contribution in [0.3, 0.4) is 0 Å². The number of anilines is 1. The number of fused-ring (bicyclic) bond motifs is 1. The number of hydrogen-bond acceptors (Lipinski definition) is 19. The molecule has 298 valence electrons. The third-order valence-electron chi connectivity index (χ3n) is 6.91. The highest BCUT2D eigenvalue weighted by Crippen LogP contribution is 2.61. The number of imidazole rings is 1. The van der Waals surface area contributed by atoms with Crippen LogP contribution in [0.25, 0.3) is 11.2 Å². The van der Waals surface area contributed by atoms with Crippen LogP contribution in [-0.4, -0.2) is 134 Å². The highest BCUT2D eigenvalue weighted by molar-refractivity contribution is 8.15. The van der Waals surface area contributed by atoms with E-state index in [1.165, 1.54) is 13.8 Å². The molecule has 1 fully saturated rings. The summed E-state index contributed by atoms with van der Waals surface area (Å²) in [4.78, 5) is 96.5. The van der Waals surface area contributed by atoms with Gasteiger partial charge in [-0.3, -0.25) is 32.5 Å². The number of carboxylic acids is 1. The first kappa shape index (κ1) is 44.4. The summed E-state index contributed by atoms with van der Waals surface area (Å²) in [6.45, 7) is 0.0165. The van der Waals surface area contributed by atoms with Gasteiger partial charge in [0.2, 0.25) is 11.8 Å². The van der Waals surface area contributed by atoms with Crippen molar-refractivity contribution in [2.45, 2.75) is 50.9 Å². The molecule has 0 spiro atoms. The fourth-order valence-corrected chi connectivity index (χ4v) is 7.68. The normalized spacial score (nSPS) is 22.1. The van der Waals surface area contributed by atoms with Gasteiger partial charge in [0, 0.05) is 30.7 Å². The predicted molar refractivity (Wildman–Crippen MR) is 175 cm³/mol. The number of nitrogens with zero attached hydrogens (tertiary/aromatic N) is 4. The van der Waals surface area contributed by atoms with Crippen LogP contribution in [0.4, 0.5) is 5.82 Å². The Bertz CT molecular complexity index is 1810. The van der Waals surface area contributed by atoms with Crippen LogP contribution in [-0.2, 0) is 55.5 Å². The molecule has 3 heterocycles. The molecule has 0 saturated carbocycles. The Kier molecular flexibility index (Phi) is 15.2. The predicted octanol–water partition coefficient (Wildman–Crippen LogP) is -2.25. The van der Waals surface area contributed by atoms with E-state index in [2.05, 4.69) is 34.4 Å². The minimum absolute atomic E-state index is 0.0153. The Hall–Kier alpha value is -2.97. The van der Waals surface area contributed by atoms with E-state index in [1.807, 2.05) is 0 Å². The van der Waals surface area contributed by atoms with Crippen molar-refractivity contribution in [3.8, 4) is 0 Å². The van der Waals surface area contributed by atoms with Gasteiger partial charge in [0.1, 0.15) is 36.3 Å². The third-order valence-corrected chi connectivity index (χ3v) is 10.9. The van der Waals surface area contributed by atoms with Crippen LogP contribution < -0.4 is 16.4 Å². The SMILES string of the molecule is CC(C)(COP(=O)(O)OP(=O)(O)OC[C@H]1O[C@@H](n2cnc3c(N)ncnc32)[C@H](O)[C@@H]1OP(=O)(O)O)C(O)C(=O)NCCC(=O)NCCSC(=O)C(=O)O. The summed E-state index contributed by atoms with van der Waals surface area (Å²) in [5, 5.41) is 33.3. The number of carbonyl (C=O) groups is 4. The molecule has 11 N–H and O–H groups in total. The van der Waals surface area contributed by atoms with Gasteiger partial charge in [-0.2, -0.15) is 4.31 Å². The lowest BCUT2D eigenvalue weighted by Gasteiger charge is -2.30. The van der Waals surface area contributed by atoms with Crippen LogP contribution >= 0.6 is 35.2 Å². The lowest BCUT2D eigenvalue weighted by Crippen LogP contribution is -2.46. The Morgan fingerprint density at radius 3 is 2.36 bits per heavy atom. The monoisotopic (exact) mass is 839 g/mol. The van der Waals surface area contributed by atoms with Crippen LogP contribution in [0, 0.1) is 5.41 Å². The molecule has 1 saturated heterocycles. The molecule has 7 atom stereocenters. The first-order valence-corrected chi connectivity index (χ1v) is 20.2. The minimum Gasteiger partial charge on any atom is -0.475 e. The van der Waals surface area contributed by atoms with Gasteiger partial charge in [0.25, 0.3) is 5.12 Å². The molecule has 53 heavy (non-hydrogen) atoms. The molecule has 0 radical (unpaired) electrons. The van der Waals surface area contributed by atoms with Crippen molar-refractivity contribution < 1.29 is 90.4 Å². The highest BCUT2D eigenvalue weighted by atomic mass is 32.2. The molecule has 0 aromatic carbocycles. The number of aliphatic hydroxyl groups is 2. The number of phosphoric ester groups is 3. The van der Waals surface area contributed by atoms with E-state index < -0.39 is 95.6 Å². The topological polar surface area (TPSA) is 401 Å². The summed E-state index contributed by atoms with van der Waals surface area (Å²) in [7, 11) is -16.4. The van der Waals surface area contributed by atoms with Crippen molar-refractivity contribution in [1.82, 2.24) is 30.2 Å². The Morgan fingerprint density at radius 2 is 1.72 bits per heavy atom. The number of phosphoric acid groups is 3. The maximum absolute atomic E-state index is 12.6. The van der Waals surface area contributed by atoms with Crippen molar-refractivity contribution in [3.05, 3.63) is 12.7 Å². The number of rotatable bonds is 19. The van der Waals surface area contributed by atoms with Crippen molar-refractivity contribution in [3.63, 3.8) is 0 Å². The zero-order chi connectivity index (χ0) is 39.9. The van der Waals surface area contributed by atoms with Gasteiger partial charge in [0.05, 0.1) is 19.5 Å². The molecular weight excluding hydrogens is 803 g/mol. The maximum Gasteiger partial charge on any atom is 0.481 e. The number of hydrogen-bond donors (Lipinski definition) is 10. The molecule has 30 heteroatoms. The first-order valence-electron chi connectivity index (χ1n) is 14.7. The van der Waals surface area contributed by atoms with E-state index >= 15 is 0 Å². The number of aliphatic hydroxyl groups excluding tert-OH is 2. The second-order valence-corrected chi connectivity index (χ2v) is 16.8. The fourth-order valence-electron chi connectivity index (χ4n) is 4.34. The van der Waals surface area contributed by atoms with Gasteiger partial charge in [-0.25, -0.2) is 33.4 Å². The van der Waals surface area contributed by atoms with Gasteiger partial charge >= 0.3 is 29.4 Å². The summed E-state index contributed by atoms with van der Waals surface area (Å²) in [5.41, 5.74) is 4.18. The van der Waals surface area contributed by atoms with Crippen LogP contribution in [0.2, 0.25) is 0 Å². The summed E-state index contributed by atoms with van der Waals surface area (Å²) < 4.78 is 61.7. The molecule has 26 nitrogen and oxygen atoms in total. The smallest absolute Gasteiger partial charge is 0.475 e. The second-order valence-electron chi connectivity index (χ2n) is 11.5. The number of nitrogen functional groups attached to an aromatic ring is 1. The zero-order valence-electron chi connectivity index (χ0n) is 27.4. The number of carboxylic acid groups (broad SMARTS) is 1. The fraction of sp³-hybridized carbons (Fsp3) is 0.609. The quantitative estimate of drug-likeness (QED) is 0.0406. The average Bonchev–Trinajstić information content (AvgIpc) is 3.60. The number of aliphatic carboxylic acids is 1. The molecule has 1 aliphatic heterocycles.